The van der Waals surface area contributed by atoms with Crippen molar-refractivity contribution in [1.29, 1.82) is 0 Å². The molecule has 0 atom stereocenters. The summed E-state index contributed by atoms with van der Waals surface area (Å²) >= 11 is 1.70. The van der Waals surface area contributed by atoms with Gasteiger partial charge in [0.15, 0.2) is 5.96 Å². The molecule has 0 spiro atoms. The molecule has 144 valence electrons. The van der Waals surface area contributed by atoms with Crippen molar-refractivity contribution >= 4 is 41.3 Å². The molecule has 0 aliphatic rings. The molecule has 0 unspecified atom stereocenters. The minimum Gasteiger partial charge on any atom is -0.357 e. The minimum absolute atomic E-state index is 0. The zero-order valence-corrected chi connectivity index (χ0v) is 19.2. The summed E-state index contributed by atoms with van der Waals surface area (Å²) in [5.74, 6) is 0.854. The first-order valence-electron chi connectivity index (χ1n) is 8.72. The summed E-state index contributed by atoms with van der Waals surface area (Å²) in [5.41, 5.74) is 3.68. The number of halogens is 1. The zero-order chi connectivity index (χ0) is 18.1. The number of benzene rings is 1. The van der Waals surface area contributed by atoms with E-state index >= 15 is 0 Å². The maximum absolute atomic E-state index is 4.68. The Morgan fingerprint density at radius 2 is 1.85 bits per heavy atom. The predicted octanol–water partition coefficient (Wildman–Crippen LogP) is 3.43. The number of guanidine groups is 1. The lowest BCUT2D eigenvalue weighted by atomic mass is 10.1. The molecule has 2 aromatic rings. The molecule has 0 aliphatic heterocycles. The molecule has 5 nitrogen and oxygen atoms in total. The van der Waals surface area contributed by atoms with E-state index in [1.54, 1.807) is 11.3 Å². The van der Waals surface area contributed by atoms with Gasteiger partial charge in [0.1, 0.15) is 0 Å². The molecular formula is C19H30IN5S. The molecule has 0 radical (unpaired) electrons. The Morgan fingerprint density at radius 3 is 2.42 bits per heavy atom. The molecule has 1 aromatic carbocycles. The van der Waals surface area contributed by atoms with E-state index in [1.165, 1.54) is 11.1 Å². The Hall–Kier alpha value is -1.19. The number of rotatable bonds is 8. The number of hydrogen-bond donors (Lipinski definition) is 2. The van der Waals surface area contributed by atoms with E-state index in [1.807, 2.05) is 6.92 Å². The molecule has 2 rings (SSSR count). The minimum atomic E-state index is 0. The standard InChI is InChI=1S/C19H29N5S.HI/c1-5-20-19(21-11-10-18-14-25-15(2)23-18)22-12-16-6-8-17(9-7-16)13-24(3)4;/h6-9,14H,5,10-13H2,1-4H3,(H2,20,21,22);1H. The fourth-order valence-corrected chi connectivity index (χ4v) is 3.11. The lowest BCUT2D eigenvalue weighted by Crippen LogP contribution is -2.38. The highest BCUT2D eigenvalue weighted by atomic mass is 127. The highest BCUT2D eigenvalue weighted by molar-refractivity contribution is 14.0. The Balaban J connectivity index is 0.00000338. The van der Waals surface area contributed by atoms with E-state index < -0.39 is 0 Å². The van der Waals surface area contributed by atoms with Crippen molar-refractivity contribution in [2.75, 3.05) is 27.2 Å². The molecule has 0 saturated carbocycles. The van der Waals surface area contributed by atoms with Gasteiger partial charge in [-0.25, -0.2) is 9.98 Å². The van der Waals surface area contributed by atoms with E-state index in [4.69, 9.17) is 0 Å². The van der Waals surface area contributed by atoms with Crippen LogP contribution in [-0.4, -0.2) is 43.0 Å². The summed E-state index contributed by atoms with van der Waals surface area (Å²) in [7, 11) is 4.17. The molecular weight excluding hydrogens is 457 g/mol. The van der Waals surface area contributed by atoms with E-state index in [2.05, 4.69) is 76.2 Å². The third-order valence-corrected chi connectivity index (χ3v) is 4.45. The fourth-order valence-electron chi connectivity index (χ4n) is 2.46. The lowest BCUT2D eigenvalue weighted by molar-refractivity contribution is 0.402. The summed E-state index contributed by atoms with van der Waals surface area (Å²) in [5, 5.41) is 9.92. The van der Waals surface area contributed by atoms with E-state index in [0.29, 0.717) is 6.54 Å². The van der Waals surface area contributed by atoms with Gasteiger partial charge in [-0.15, -0.1) is 35.3 Å². The van der Waals surface area contributed by atoms with Crippen LogP contribution in [0.25, 0.3) is 0 Å². The molecule has 7 heteroatoms. The van der Waals surface area contributed by atoms with E-state index in [-0.39, 0.29) is 24.0 Å². The van der Waals surface area contributed by atoms with Crippen molar-refractivity contribution in [3.8, 4) is 0 Å². The van der Waals surface area contributed by atoms with Crippen molar-refractivity contribution in [1.82, 2.24) is 20.5 Å². The van der Waals surface area contributed by atoms with Crippen LogP contribution in [0.2, 0.25) is 0 Å². The van der Waals surface area contributed by atoms with Crippen LogP contribution >= 0.6 is 35.3 Å². The first kappa shape index (κ1) is 22.9. The number of aryl methyl sites for hydroxylation is 1. The van der Waals surface area contributed by atoms with Crippen molar-refractivity contribution < 1.29 is 0 Å². The largest absolute Gasteiger partial charge is 0.357 e. The highest BCUT2D eigenvalue weighted by Gasteiger charge is 2.01. The third kappa shape index (κ3) is 8.46. The molecule has 2 N–H and O–H groups in total. The SMILES string of the molecule is CCNC(=NCc1ccc(CN(C)C)cc1)NCCc1csc(C)n1.I. The van der Waals surface area contributed by atoms with Crippen LogP contribution < -0.4 is 10.6 Å². The van der Waals surface area contributed by atoms with Crippen LogP contribution in [0.1, 0.15) is 28.8 Å². The van der Waals surface area contributed by atoms with Gasteiger partial charge in [0, 0.05) is 31.4 Å². The van der Waals surface area contributed by atoms with E-state index in [0.717, 1.165) is 42.7 Å². The van der Waals surface area contributed by atoms with Crippen LogP contribution in [0.5, 0.6) is 0 Å². The second-order valence-corrected chi connectivity index (χ2v) is 7.35. The van der Waals surface area contributed by atoms with E-state index in [9.17, 15) is 0 Å². The van der Waals surface area contributed by atoms with Crippen LogP contribution in [0.3, 0.4) is 0 Å². The van der Waals surface area contributed by atoms with Crippen LogP contribution in [-0.2, 0) is 19.5 Å². The topological polar surface area (TPSA) is 52.6 Å². The lowest BCUT2D eigenvalue weighted by Gasteiger charge is -2.11. The summed E-state index contributed by atoms with van der Waals surface area (Å²) in [6.07, 6.45) is 0.911. The normalized spacial score (nSPS) is 11.3. The Labute approximate surface area is 178 Å². The molecule has 1 aromatic heterocycles. The van der Waals surface area contributed by atoms with Crippen molar-refractivity contribution in [3.63, 3.8) is 0 Å². The number of nitrogens with zero attached hydrogens (tertiary/aromatic N) is 3. The summed E-state index contributed by atoms with van der Waals surface area (Å²) in [4.78, 5) is 11.3. The number of aromatic nitrogens is 1. The van der Waals surface area contributed by atoms with Gasteiger partial charge in [-0.3, -0.25) is 0 Å². The number of aliphatic imine (C=N–C) groups is 1. The summed E-state index contributed by atoms with van der Waals surface area (Å²) in [6, 6.07) is 8.67. The number of thiazole rings is 1. The first-order valence-corrected chi connectivity index (χ1v) is 9.60. The Morgan fingerprint density at radius 1 is 1.15 bits per heavy atom. The van der Waals surface area contributed by atoms with Gasteiger partial charge in [0.05, 0.1) is 17.2 Å². The molecule has 0 amide bonds. The highest BCUT2D eigenvalue weighted by Crippen LogP contribution is 2.08. The van der Waals surface area contributed by atoms with Gasteiger partial charge < -0.3 is 15.5 Å². The van der Waals surface area contributed by atoms with Gasteiger partial charge in [-0.1, -0.05) is 24.3 Å². The van der Waals surface area contributed by atoms with Crippen molar-refractivity contribution in [2.45, 2.75) is 33.4 Å². The third-order valence-electron chi connectivity index (χ3n) is 3.63. The fraction of sp³-hybridized carbons (Fsp3) is 0.474. The van der Waals surface area contributed by atoms with Gasteiger partial charge >= 0.3 is 0 Å². The second kappa shape index (κ2) is 12.2. The second-order valence-electron chi connectivity index (χ2n) is 6.28. The quantitative estimate of drug-likeness (QED) is 0.341. The first-order chi connectivity index (χ1) is 12.1. The molecule has 0 aliphatic carbocycles. The van der Waals surface area contributed by atoms with Crippen molar-refractivity contribution in [3.05, 3.63) is 51.5 Å². The maximum atomic E-state index is 4.68. The van der Waals surface area contributed by atoms with Crippen LogP contribution in [0.4, 0.5) is 0 Å². The van der Waals surface area contributed by atoms with Gasteiger partial charge in [-0.2, -0.15) is 0 Å². The van der Waals surface area contributed by atoms with Crippen LogP contribution in [0.15, 0.2) is 34.6 Å². The Kier molecular flexibility index (Phi) is 10.8. The number of nitrogens with one attached hydrogen (secondary N) is 2. The molecule has 0 fully saturated rings. The smallest absolute Gasteiger partial charge is 0.191 e. The van der Waals surface area contributed by atoms with Crippen LogP contribution in [0, 0.1) is 6.92 Å². The molecule has 1 heterocycles. The molecule has 0 saturated heterocycles. The predicted molar refractivity (Wildman–Crippen MR) is 123 cm³/mol. The van der Waals surface area contributed by atoms with Crippen molar-refractivity contribution in [2.24, 2.45) is 4.99 Å². The average molecular weight is 487 g/mol. The maximum Gasteiger partial charge on any atom is 0.191 e. The van der Waals surface area contributed by atoms with Gasteiger partial charge in [0.25, 0.3) is 0 Å². The molecule has 26 heavy (non-hydrogen) atoms. The number of hydrogen-bond acceptors (Lipinski definition) is 4. The Bertz CT molecular complexity index is 667. The average Bonchev–Trinajstić information content (AvgIpc) is 2.99. The summed E-state index contributed by atoms with van der Waals surface area (Å²) < 4.78 is 0. The summed E-state index contributed by atoms with van der Waals surface area (Å²) in [6.45, 7) is 7.44. The molecule has 0 bridgehead atoms. The van der Waals surface area contributed by atoms with Gasteiger partial charge in [0.2, 0.25) is 0 Å². The van der Waals surface area contributed by atoms with Gasteiger partial charge in [-0.05, 0) is 39.1 Å². The monoisotopic (exact) mass is 487 g/mol. The zero-order valence-electron chi connectivity index (χ0n) is 16.1.